The van der Waals surface area contributed by atoms with Crippen LogP contribution < -0.4 is 14.8 Å². The Bertz CT molecular complexity index is 1170. The minimum atomic E-state index is 0.233. The molecule has 0 saturated carbocycles. The SMILES string of the molecule is COc1ccc2nc(Nc3ccc(OC4CCN(C)CC4)nc3)c3[nH]ncc3c2c1. The lowest BCUT2D eigenvalue weighted by Crippen LogP contribution is -2.35. The van der Waals surface area contributed by atoms with E-state index < -0.39 is 0 Å². The number of anilines is 2. The standard InChI is InChI=1S/C22H24N6O2/c1-28-9-7-15(8-10-28)30-20-6-3-14(12-23-20)25-22-21-18(13-24-27-21)17-11-16(29-2)4-5-19(17)26-22/h3-6,11-13,15H,7-10H2,1-2H3,(H,24,27)(H,25,26). The van der Waals surface area contributed by atoms with Crippen molar-refractivity contribution >= 4 is 33.3 Å². The Morgan fingerprint density at radius 1 is 1.10 bits per heavy atom. The molecular formula is C22H24N6O2. The second kappa shape index (κ2) is 7.79. The first-order valence-corrected chi connectivity index (χ1v) is 10.1. The van der Waals surface area contributed by atoms with Crippen LogP contribution in [0.4, 0.5) is 11.5 Å². The highest BCUT2D eigenvalue weighted by molar-refractivity contribution is 6.09. The third-order valence-electron chi connectivity index (χ3n) is 5.55. The van der Waals surface area contributed by atoms with Crippen LogP contribution in [0.1, 0.15) is 12.8 Å². The molecule has 0 bridgehead atoms. The molecule has 5 rings (SSSR count). The third kappa shape index (κ3) is 3.61. The van der Waals surface area contributed by atoms with E-state index >= 15 is 0 Å². The van der Waals surface area contributed by atoms with Gasteiger partial charge in [0.05, 0.1) is 30.7 Å². The Morgan fingerprint density at radius 2 is 1.97 bits per heavy atom. The molecule has 1 aromatic carbocycles. The molecule has 0 amide bonds. The first-order valence-electron chi connectivity index (χ1n) is 10.1. The van der Waals surface area contributed by atoms with Gasteiger partial charge >= 0.3 is 0 Å². The molecule has 1 aliphatic rings. The molecule has 1 aliphatic heterocycles. The number of nitrogens with one attached hydrogen (secondary N) is 2. The van der Waals surface area contributed by atoms with Gasteiger partial charge in [-0.3, -0.25) is 5.10 Å². The summed E-state index contributed by atoms with van der Waals surface area (Å²) in [6.45, 7) is 2.12. The van der Waals surface area contributed by atoms with Gasteiger partial charge in [-0.2, -0.15) is 5.10 Å². The molecule has 8 heteroatoms. The van der Waals surface area contributed by atoms with Crippen molar-refractivity contribution in [3.8, 4) is 11.6 Å². The van der Waals surface area contributed by atoms with Crippen molar-refractivity contribution in [1.29, 1.82) is 0 Å². The molecule has 8 nitrogen and oxygen atoms in total. The molecule has 0 unspecified atom stereocenters. The van der Waals surface area contributed by atoms with Gasteiger partial charge in [0.15, 0.2) is 5.82 Å². The number of nitrogens with zero attached hydrogens (tertiary/aromatic N) is 4. The van der Waals surface area contributed by atoms with Gasteiger partial charge in [0.1, 0.15) is 17.4 Å². The smallest absolute Gasteiger partial charge is 0.213 e. The Hall–Kier alpha value is -3.39. The lowest BCUT2D eigenvalue weighted by atomic mass is 10.1. The minimum Gasteiger partial charge on any atom is -0.497 e. The summed E-state index contributed by atoms with van der Waals surface area (Å²) in [5, 5.41) is 12.6. The summed E-state index contributed by atoms with van der Waals surface area (Å²) in [5.74, 6) is 2.14. The van der Waals surface area contributed by atoms with E-state index in [0.717, 1.165) is 59.2 Å². The Balaban J connectivity index is 1.38. The first kappa shape index (κ1) is 18.6. The fraction of sp³-hybridized carbons (Fsp3) is 0.318. The predicted octanol–water partition coefficient (Wildman–Crippen LogP) is 3.73. The second-order valence-electron chi connectivity index (χ2n) is 7.63. The summed E-state index contributed by atoms with van der Waals surface area (Å²) in [6.07, 6.45) is 5.87. The summed E-state index contributed by atoms with van der Waals surface area (Å²) in [4.78, 5) is 11.6. The summed E-state index contributed by atoms with van der Waals surface area (Å²) < 4.78 is 11.4. The molecule has 0 spiro atoms. The van der Waals surface area contributed by atoms with Crippen LogP contribution in [0.2, 0.25) is 0 Å². The van der Waals surface area contributed by atoms with Crippen molar-refractivity contribution in [2.24, 2.45) is 0 Å². The molecule has 30 heavy (non-hydrogen) atoms. The highest BCUT2D eigenvalue weighted by Gasteiger charge is 2.18. The van der Waals surface area contributed by atoms with Crippen LogP contribution in [0.3, 0.4) is 0 Å². The topological polar surface area (TPSA) is 88.2 Å². The number of fused-ring (bicyclic) bond motifs is 3. The zero-order valence-electron chi connectivity index (χ0n) is 17.1. The van der Waals surface area contributed by atoms with Crippen molar-refractivity contribution in [3.05, 3.63) is 42.7 Å². The van der Waals surface area contributed by atoms with Gasteiger partial charge in [0.25, 0.3) is 0 Å². The predicted molar refractivity (Wildman–Crippen MR) is 117 cm³/mol. The van der Waals surface area contributed by atoms with E-state index in [-0.39, 0.29) is 6.10 Å². The molecule has 2 N–H and O–H groups in total. The van der Waals surface area contributed by atoms with E-state index in [9.17, 15) is 0 Å². The number of ether oxygens (including phenoxy) is 2. The number of rotatable bonds is 5. The summed E-state index contributed by atoms with van der Waals surface area (Å²) in [6, 6.07) is 9.68. The van der Waals surface area contributed by atoms with E-state index in [1.165, 1.54) is 0 Å². The maximum atomic E-state index is 6.04. The fourth-order valence-corrected chi connectivity index (χ4v) is 3.83. The maximum absolute atomic E-state index is 6.04. The quantitative estimate of drug-likeness (QED) is 0.524. The van der Waals surface area contributed by atoms with Crippen molar-refractivity contribution in [1.82, 2.24) is 25.1 Å². The van der Waals surface area contributed by atoms with Gasteiger partial charge in [-0.05, 0) is 44.2 Å². The van der Waals surface area contributed by atoms with Gasteiger partial charge in [-0.1, -0.05) is 0 Å². The Morgan fingerprint density at radius 3 is 2.73 bits per heavy atom. The number of pyridine rings is 2. The molecule has 0 atom stereocenters. The Kier molecular flexibility index (Phi) is 4.84. The van der Waals surface area contributed by atoms with E-state index in [4.69, 9.17) is 14.5 Å². The molecule has 4 aromatic rings. The van der Waals surface area contributed by atoms with E-state index in [0.29, 0.717) is 11.7 Å². The van der Waals surface area contributed by atoms with Crippen LogP contribution in [0.5, 0.6) is 11.6 Å². The van der Waals surface area contributed by atoms with Crippen LogP contribution >= 0.6 is 0 Å². The number of methoxy groups -OCH3 is 1. The Labute approximate surface area is 174 Å². The van der Waals surface area contributed by atoms with Gasteiger partial charge in [-0.15, -0.1) is 0 Å². The number of aromatic amines is 1. The summed E-state index contributed by atoms with van der Waals surface area (Å²) in [5.41, 5.74) is 2.53. The van der Waals surface area contributed by atoms with Gasteiger partial charge in [0, 0.05) is 29.9 Å². The maximum Gasteiger partial charge on any atom is 0.213 e. The van der Waals surface area contributed by atoms with Crippen LogP contribution in [-0.2, 0) is 0 Å². The number of aromatic nitrogens is 4. The molecule has 0 aliphatic carbocycles. The molecule has 3 aromatic heterocycles. The van der Waals surface area contributed by atoms with E-state index in [2.05, 4.69) is 32.4 Å². The monoisotopic (exact) mass is 404 g/mol. The number of benzene rings is 1. The summed E-state index contributed by atoms with van der Waals surface area (Å²) >= 11 is 0. The number of piperidine rings is 1. The minimum absolute atomic E-state index is 0.233. The average Bonchev–Trinajstić information content (AvgIpc) is 3.27. The lowest BCUT2D eigenvalue weighted by molar-refractivity contribution is 0.110. The van der Waals surface area contributed by atoms with Gasteiger partial charge in [-0.25, -0.2) is 9.97 Å². The molecule has 154 valence electrons. The van der Waals surface area contributed by atoms with Crippen molar-refractivity contribution in [3.63, 3.8) is 0 Å². The highest BCUT2D eigenvalue weighted by Crippen LogP contribution is 2.31. The number of likely N-dealkylation sites (tertiary alicyclic amines) is 1. The first-order chi connectivity index (χ1) is 14.7. The number of hydrogen-bond donors (Lipinski definition) is 2. The molecule has 4 heterocycles. The molecule has 1 saturated heterocycles. The zero-order chi connectivity index (χ0) is 20.5. The van der Waals surface area contributed by atoms with Crippen molar-refractivity contribution in [2.45, 2.75) is 18.9 Å². The largest absolute Gasteiger partial charge is 0.497 e. The number of H-pyrrole nitrogens is 1. The van der Waals surface area contributed by atoms with Gasteiger partial charge < -0.3 is 19.7 Å². The highest BCUT2D eigenvalue weighted by atomic mass is 16.5. The van der Waals surface area contributed by atoms with Crippen LogP contribution in [0, 0.1) is 0 Å². The lowest BCUT2D eigenvalue weighted by Gasteiger charge is -2.28. The normalized spacial score (nSPS) is 15.5. The molecular weight excluding hydrogens is 380 g/mol. The van der Waals surface area contributed by atoms with Crippen molar-refractivity contribution < 1.29 is 9.47 Å². The molecule has 0 radical (unpaired) electrons. The molecule has 1 fully saturated rings. The van der Waals surface area contributed by atoms with Crippen LogP contribution in [-0.4, -0.2) is 58.4 Å². The van der Waals surface area contributed by atoms with Gasteiger partial charge in [0.2, 0.25) is 5.88 Å². The third-order valence-corrected chi connectivity index (χ3v) is 5.55. The van der Waals surface area contributed by atoms with Crippen molar-refractivity contribution in [2.75, 3.05) is 32.6 Å². The second-order valence-corrected chi connectivity index (χ2v) is 7.63. The summed E-state index contributed by atoms with van der Waals surface area (Å²) in [7, 11) is 3.80. The van der Waals surface area contributed by atoms with E-state index in [1.807, 2.05) is 30.3 Å². The van der Waals surface area contributed by atoms with Crippen LogP contribution in [0.15, 0.2) is 42.7 Å². The number of hydrogen-bond acceptors (Lipinski definition) is 7. The fourth-order valence-electron chi connectivity index (χ4n) is 3.83. The zero-order valence-corrected chi connectivity index (χ0v) is 17.1. The average molecular weight is 404 g/mol. The van der Waals surface area contributed by atoms with E-state index in [1.54, 1.807) is 19.5 Å². The van der Waals surface area contributed by atoms with Crippen LogP contribution in [0.25, 0.3) is 21.8 Å².